The van der Waals surface area contributed by atoms with E-state index in [0.29, 0.717) is 12.8 Å². The molecule has 8 unspecified atom stereocenters. The number of aliphatic hydroxyl groups is 6. The van der Waals surface area contributed by atoms with Crippen LogP contribution in [0.1, 0.15) is 187 Å². The van der Waals surface area contributed by atoms with Crippen molar-refractivity contribution in [1.82, 2.24) is 5.32 Å². The lowest BCUT2D eigenvalue weighted by Gasteiger charge is -2.40. The van der Waals surface area contributed by atoms with Crippen molar-refractivity contribution in [3.63, 3.8) is 0 Å². The fourth-order valence-electron chi connectivity index (χ4n) is 6.93. The molecule has 1 amide bonds. The van der Waals surface area contributed by atoms with Crippen LogP contribution in [0.25, 0.3) is 0 Å². The van der Waals surface area contributed by atoms with E-state index >= 15 is 0 Å². The lowest BCUT2D eigenvalue weighted by atomic mass is 9.99. The first-order valence-electron chi connectivity index (χ1n) is 22.2. The van der Waals surface area contributed by atoms with E-state index in [9.17, 15) is 35.4 Å². The number of rotatable bonds is 36. The zero-order valence-electron chi connectivity index (χ0n) is 34.3. The first-order chi connectivity index (χ1) is 26.3. The van der Waals surface area contributed by atoms with Gasteiger partial charge in [-0.3, -0.25) is 4.79 Å². The summed E-state index contributed by atoms with van der Waals surface area (Å²) in [6.45, 7) is 3.58. The second kappa shape index (κ2) is 34.8. The van der Waals surface area contributed by atoms with Crippen molar-refractivity contribution in [3.8, 4) is 0 Å². The molecule has 1 fully saturated rings. The van der Waals surface area contributed by atoms with Crippen molar-refractivity contribution in [2.75, 3.05) is 13.2 Å². The van der Waals surface area contributed by atoms with E-state index in [2.05, 4.69) is 31.3 Å². The average Bonchev–Trinajstić information content (AvgIpc) is 3.17. The molecule has 10 nitrogen and oxygen atoms in total. The Hall–Kier alpha value is -1.37. The summed E-state index contributed by atoms with van der Waals surface area (Å²) in [5, 5.41) is 64.5. The molecule has 8 atom stereocenters. The lowest BCUT2D eigenvalue weighted by molar-refractivity contribution is -0.302. The van der Waals surface area contributed by atoms with Gasteiger partial charge in [-0.05, 0) is 38.5 Å². The number of carbonyl (C=O) groups is 1. The van der Waals surface area contributed by atoms with Crippen molar-refractivity contribution in [3.05, 3.63) is 24.3 Å². The van der Waals surface area contributed by atoms with Gasteiger partial charge >= 0.3 is 0 Å². The molecule has 1 aliphatic heterocycles. The Bertz CT molecular complexity index is 916. The molecule has 318 valence electrons. The molecule has 0 aromatic heterocycles. The second-order valence-electron chi connectivity index (χ2n) is 15.6. The summed E-state index contributed by atoms with van der Waals surface area (Å²) in [6.07, 6.45) is 29.8. The summed E-state index contributed by atoms with van der Waals surface area (Å²) < 4.78 is 11.1. The lowest BCUT2D eigenvalue weighted by Crippen LogP contribution is -2.60. The third-order valence-electron chi connectivity index (χ3n) is 10.6. The molecule has 0 aromatic rings. The molecular formula is C44H83NO9. The molecule has 7 N–H and O–H groups in total. The third-order valence-corrected chi connectivity index (χ3v) is 10.6. The van der Waals surface area contributed by atoms with E-state index in [0.717, 1.165) is 44.9 Å². The van der Waals surface area contributed by atoms with Gasteiger partial charge in [0.1, 0.15) is 30.5 Å². The van der Waals surface area contributed by atoms with Crippen LogP contribution in [-0.2, 0) is 14.3 Å². The molecule has 0 aliphatic carbocycles. The van der Waals surface area contributed by atoms with Crippen LogP contribution in [0.2, 0.25) is 0 Å². The van der Waals surface area contributed by atoms with Crippen molar-refractivity contribution in [1.29, 1.82) is 0 Å². The standard InChI is InChI=1S/C44H83NO9/c1-3-5-7-9-11-13-15-17-18-19-20-21-23-24-26-28-30-32-37(47)36(35-53-44-42(51)41(50)40(49)39(34-46)54-44)45-43(52)38(48)33-31-29-27-25-22-16-14-12-10-8-6-4-2/h21,23,30,32,36-42,44,46-51H,3-20,22,24-29,31,33-35H2,1-2H3,(H,45,52). The summed E-state index contributed by atoms with van der Waals surface area (Å²) in [7, 11) is 0. The Labute approximate surface area is 329 Å². The number of hydrogen-bond donors (Lipinski definition) is 7. The molecular weight excluding hydrogens is 686 g/mol. The van der Waals surface area contributed by atoms with Crippen LogP contribution in [0, 0.1) is 0 Å². The molecule has 1 saturated heterocycles. The highest BCUT2D eigenvalue weighted by atomic mass is 16.7. The number of unbranched alkanes of at least 4 members (excludes halogenated alkanes) is 23. The Morgan fingerprint density at radius 2 is 1.09 bits per heavy atom. The Morgan fingerprint density at radius 3 is 1.61 bits per heavy atom. The number of amides is 1. The van der Waals surface area contributed by atoms with Gasteiger partial charge < -0.3 is 45.4 Å². The van der Waals surface area contributed by atoms with Gasteiger partial charge in [0.2, 0.25) is 5.91 Å². The van der Waals surface area contributed by atoms with Gasteiger partial charge in [0, 0.05) is 0 Å². The van der Waals surface area contributed by atoms with Crippen LogP contribution < -0.4 is 5.32 Å². The van der Waals surface area contributed by atoms with Crippen LogP contribution in [-0.4, -0.2) is 98.7 Å². The fourth-order valence-corrected chi connectivity index (χ4v) is 6.93. The van der Waals surface area contributed by atoms with Gasteiger partial charge in [-0.1, -0.05) is 173 Å². The quantitative estimate of drug-likeness (QED) is 0.0250. The molecule has 0 saturated carbocycles. The van der Waals surface area contributed by atoms with E-state index in [-0.39, 0.29) is 6.61 Å². The topological polar surface area (TPSA) is 169 Å². The number of hydrogen-bond acceptors (Lipinski definition) is 9. The minimum Gasteiger partial charge on any atom is -0.394 e. The molecule has 1 rings (SSSR count). The van der Waals surface area contributed by atoms with Crippen molar-refractivity contribution in [2.24, 2.45) is 0 Å². The van der Waals surface area contributed by atoms with Crippen LogP contribution in [0.3, 0.4) is 0 Å². The largest absolute Gasteiger partial charge is 0.394 e. The molecule has 10 heteroatoms. The number of nitrogens with one attached hydrogen (secondary N) is 1. The van der Waals surface area contributed by atoms with Gasteiger partial charge in [-0.2, -0.15) is 0 Å². The van der Waals surface area contributed by atoms with Crippen LogP contribution in [0.4, 0.5) is 0 Å². The van der Waals surface area contributed by atoms with E-state index < -0.39 is 61.5 Å². The maximum Gasteiger partial charge on any atom is 0.249 e. The average molecular weight is 770 g/mol. The van der Waals surface area contributed by atoms with Crippen molar-refractivity contribution < 1.29 is 44.9 Å². The smallest absolute Gasteiger partial charge is 0.249 e. The summed E-state index contributed by atoms with van der Waals surface area (Å²) in [6, 6.07) is -0.987. The number of carbonyl (C=O) groups excluding carboxylic acids is 1. The van der Waals surface area contributed by atoms with Crippen molar-refractivity contribution >= 4 is 5.91 Å². The van der Waals surface area contributed by atoms with Crippen LogP contribution in [0.5, 0.6) is 0 Å². The van der Waals surface area contributed by atoms with E-state index in [4.69, 9.17) is 9.47 Å². The van der Waals surface area contributed by atoms with Gasteiger partial charge in [-0.25, -0.2) is 0 Å². The maximum absolute atomic E-state index is 13.0. The molecule has 0 aromatic carbocycles. The fraction of sp³-hybridized carbons (Fsp3) is 0.886. The minimum atomic E-state index is -1.61. The van der Waals surface area contributed by atoms with Gasteiger partial charge in [0.25, 0.3) is 0 Å². The molecule has 0 radical (unpaired) electrons. The van der Waals surface area contributed by atoms with E-state index in [1.807, 2.05) is 6.08 Å². The summed E-state index contributed by atoms with van der Waals surface area (Å²) in [5.74, 6) is -0.625. The Kier molecular flexibility index (Phi) is 32.7. The third kappa shape index (κ3) is 25.0. The maximum atomic E-state index is 13.0. The highest BCUT2D eigenvalue weighted by molar-refractivity contribution is 5.80. The summed E-state index contributed by atoms with van der Waals surface area (Å²) >= 11 is 0. The molecule has 1 aliphatic rings. The molecule has 0 bridgehead atoms. The first-order valence-corrected chi connectivity index (χ1v) is 22.2. The second-order valence-corrected chi connectivity index (χ2v) is 15.6. The van der Waals surface area contributed by atoms with Crippen LogP contribution >= 0.6 is 0 Å². The first kappa shape index (κ1) is 50.6. The summed E-state index contributed by atoms with van der Waals surface area (Å²) in [5.41, 5.74) is 0. The Balaban J connectivity index is 2.47. The van der Waals surface area contributed by atoms with E-state index in [1.165, 1.54) is 116 Å². The number of ether oxygens (including phenoxy) is 2. The van der Waals surface area contributed by atoms with Gasteiger partial charge in [0.15, 0.2) is 6.29 Å². The van der Waals surface area contributed by atoms with Crippen molar-refractivity contribution in [2.45, 2.75) is 236 Å². The van der Waals surface area contributed by atoms with E-state index in [1.54, 1.807) is 6.08 Å². The highest BCUT2D eigenvalue weighted by Crippen LogP contribution is 2.22. The molecule has 54 heavy (non-hydrogen) atoms. The Morgan fingerprint density at radius 1 is 0.630 bits per heavy atom. The normalized spacial score (nSPS) is 22.3. The monoisotopic (exact) mass is 770 g/mol. The molecule has 1 heterocycles. The minimum absolute atomic E-state index is 0.308. The summed E-state index contributed by atoms with van der Waals surface area (Å²) in [4.78, 5) is 13.0. The SMILES string of the molecule is CCCCCCCCCCCCC=CCCCC=CC(O)C(COC1OC(CO)C(O)C(O)C1O)NC(=O)C(O)CCCCCCCCCCCCCC. The highest BCUT2D eigenvalue weighted by Gasteiger charge is 2.44. The predicted octanol–water partition coefficient (Wildman–Crippen LogP) is 7.69. The number of aliphatic hydroxyl groups excluding tert-OH is 6. The van der Waals surface area contributed by atoms with Crippen LogP contribution in [0.15, 0.2) is 24.3 Å². The van der Waals surface area contributed by atoms with Gasteiger partial charge in [0.05, 0.1) is 25.4 Å². The predicted molar refractivity (Wildman–Crippen MR) is 218 cm³/mol. The molecule has 0 spiro atoms. The zero-order chi connectivity index (χ0) is 39.7. The number of allylic oxidation sites excluding steroid dienone is 3. The van der Waals surface area contributed by atoms with Gasteiger partial charge in [-0.15, -0.1) is 0 Å². The zero-order valence-corrected chi connectivity index (χ0v) is 34.3.